The third-order valence-corrected chi connectivity index (χ3v) is 3.11. The Bertz CT molecular complexity index is 526. The molecule has 0 aliphatic carbocycles. The maximum absolute atomic E-state index is 11.0. The summed E-state index contributed by atoms with van der Waals surface area (Å²) >= 11 is 0. The van der Waals surface area contributed by atoms with Gasteiger partial charge in [-0.25, -0.2) is 8.42 Å². The topological polar surface area (TPSA) is 115 Å². The number of benzene rings is 1. The fourth-order valence-electron chi connectivity index (χ4n) is 1.31. The van der Waals surface area contributed by atoms with E-state index in [0.717, 1.165) is 6.26 Å². The van der Waals surface area contributed by atoms with Crippen molar-refractivity contribution in [3.05, 3.63) is 23.8 Å². The van der Waals surface area contributed by atoms with Gasteiger partial charge >= 0.3 is 0 Å². The molecular weight excluding hydrogens is 242 g/mol. The number of sulfone groups is 1. The quantitative estimate of drug-likeness (QED) is 0.633. The Balaban J connectivity index is 2.79. The van der Waals surface area contributed by atoms with Crippen LogP contribution in [0.25, 0.3) is 0 Å². The van der Waals surface area contributed by atoms with Crippen molar-refractivity contribution < 1.29 is 13.2 Å². The van der Waals surface area contributed by atoms with Crippen molar-refractivity contribution >= 4 is 27.1 Å². The summed E-state index contributed by atoms with van der Waals surface area (Å²) in [5.74, 6) is -0.623. The van der Waals surface area contributed by atoms with Gasteiger partial charge in [-0.2, -0.15) is 0 Å². The molecule has 0 aliphatic rings. The minimum absolute atomic E-state index is 0.00671. The highest BCUT2D eigenvalue weighted by molar-refractivity contribution is 7.90. The number of nitrogens with one attached hydrogen (secondary N) is 1. The van der Waals surface area contributed by atoms with Crippen molar-refractivity contribution in [2.75, 3.05) is 29.6 Å². The Morgan fingerprint density at radius 3 is 2.59 bits per heavy atom. The SMILES string of the molecule is CS(=O)(=O)CCNc1cccc(C(N)=O)c1N. The molecule has 6 nitrogen and oxygen atoms in total. The van der Waals surface area contributed by atoms with Crippen molar-refractivity contribution in [1.29, 1.82) is 0 Å². The summed E-state index contributed by atoms with van der Waals surface area (Å²) in [6, 6.07) is 4.79. The molecule has 7 heteroatoms. The van der Waals surface area contributed by atoms with Crippen molar-refractivity contribution in [2.45, 2.75) is 0 Å². The number of hydrogen-bond acceptors (Lipinski definition) is 5. The van der Waals surface area contributed by atoms with Crippen LogP contribution < -0.4 is 16.8 Å². The first-order valence-corrected chi connectivity index (χ1v) is 6.97. The normalized spacial score (nSPS) is 11.1. The molecule has 94 valence electrons. The molecule has 0 aliphatic heterocycles. The maximum Gasteiger partial charge on any atom is 0.250 e. The molecule has 17 heavy (non-hydrogen) atoms. The Morgan fingerprint density at radius 2 is 2.06 bits per heavy atom. The summed E-state index contributed by atoms with van der Waals surface area (Å²) in [5, 5.41) is 2.85. The average Bonchev–Trinajstić information content (AvgIpc) is 2.18. The lowest BCUT2D eigenvalue weighted by molar-refractivity contribution is 0.100. The third kappa shape index (κ3) is 3.95. The van der Waals surface area contributed by atoms with E-state index in [-0.39, 0.29) is 23.5 Å². The van der Waals surface area contributed by atoms with Crippen molar-refractivity contribution in [3.63, 3.8) is 0 Å². The van der Waals surface area contributed by atoms with Gasteiger partial charge in [-0.05, 0) is 12.1 Å². The molecule has 0 saturated heterocycles. The predicted octanol–water partition coefficient (Wildman–Crippen LogP) is -0.176. The van der Waals surface area contributed by atoms with Gasteiger partial charge < -0.3 is 16.8 Å². The minimum Gasteiger partial charge on any atom is -0.396 e. The summed E-state index contributed by atoms with van der Waals surface area (Å²) in [4.78, 5) is 11.0. The summed E-state index contributed by atoms with van der Waals surface area (Å²) in [5.41, 5.74) is 11.8. The summed E-state index contributed by atoms with van der Waals surface area (Å²) in [7, 11) is -3.03. The fraction of sp³-hybridized carbons (Fsp3) is 0.300. The average molecular weight is 257 g/mol. The third-order valence-electron chi connectivity index (χ3n) is 2.16. The minimum atomic E-state index is -3.03. The van der Waals surface area contributed by atoms with Gasteiger partial charge in [0.1, 0.15) is 9.84 Å². The second kappa shape index (κ2) is 5.05. The zero-order valence-electron chi connectivity index (χ0n) is 9.43. The first-order chi connectivity index (χ1) is 7.81. The molecule has 0 aromatic heterocycles. The van der Waals surface area contributed by atoms with E-state index in [9.17, 15) is 13.2 Å². The van der Waals surface area contributed by atoms with Gasteiger partial charge in [0.2, 0.25) is 0 Å². The lowest BCUT2D eigenvalue weighted by Gasteiger charge is -2.10. The number of para-hydroxylation sites is 1. The van der Waals surface area contributed by atoms with E-state index >= 15 is 0 Å². The molecule has 1 amide bonds. The largest absolute Gasteiger partial charge is 0.396 e. The van der Waals surface area contributed by atoms with Gasteiger partial charge in [0.15, 0.2) is 0 Å². The Labute approximate surface area is 99.9 Å². The second-order valence-corrected chi connectivity index (χ2v) is 5.95. The van der Waals surface area contributed by atoms with Crippen LogP contribution in [0, 0.1) is 0 Å². The zero-order chi connectivity index (χ0) is 13.1. The van der Waals surface area contributed by atoms with E-state index in [1.54, 1.807) is 12.1 Å². The van der Waals surface area contributed by atoms with Crippen molar-refractivity contribution in [2.24, 2.45) is 5.73 Å². The second-order valence-electron chi connectivity index (χ2n) is 3.69. The van der Waals surface area contributed by atoms with Gasteiger partial charge in [0.25, 0.3) is 5.91 Å². The molecule has 0 heterocycles. The van der Waals surface area contributed by atoms with Crippen LogP contribution in [0.5, 0.6) is 0 Å². The number of rotatable bonds is 5. The van der Waals surface area contributed by atoms with Crippen LogP contribution in [0.4, 0.5) is 11.4 Å². The van der Waals surface area contributed by atoms with Crippen LogP contribution in [-0.2, 0) is 9.84 Å². The predicted molar refractivity (Wildman–Crippen MR) is 67.6 cm³/mol. The van der Waals surface area contributed by atoms with Gasteiger partial charge in [0.05, 0.1) is 22.7 Å². The monoisotopic (exact) mass is 257 g/mol. The molecule has 1 aromatic carbocycles. The van der Waals surface area contributed by atoms with Crippen molar-refractivity contribution in [1.82, 2.24) is 0 Å². The van der Waals surface area contributed by atoms with E-state index in [1.165, 1.54) is 6.07 Å². The molecule has 1 rings (SSSR count). The van der Waals surface area contributed by atoms with E-state index in [0.29, 0.717) is 5.69 Å². The first kappa shape index (κ1) is 13.3. The molecular formula is C10H15N3O3S. The number of nitrogens with two attached hydrogens (primary N) is 2. The summed E-state index contributed by atoms with van der Waals surface area (Å²) < 4.78 is 21.9. The molecule has 5 N–H and O–H groups in total. The highest BCUT2D eigenvalue weighted by Crippen LogP contribution is 2.21. The van der Waals surface area contributed by atoms with Crippen LogP contribution >= 0.6 is 0 Å². The van der Waals surface area contributed by atoms with Gasteiger partial charge in [-0.1, -0.05) is 6.07 Å². The molecule has 0 radical (unpaired) electrons. The molecule has 0 saturated carbocycles. The van der Waals surface area contributed by atoms with Crippen LogP contribution in [0.1, 0.15) is 10.4 Å². The number of carbonyl (C=O) groups is 1. The number of carbonyl (C=O) groups excluding carboxylic acids is 1. The molecule has 0 bridgehead atoms. The zero-order valence-corrected chi connectivity index (χ0v) is 10.3. The number of nitrogen functional groups attached to an aromatic ring is 1. The lowest BCUT2D eigenvalue weighted by Crippen LogP contribution is -2.17. The fourth-order valence-corrected chi connectivity index (χ4v) is 1.78. The maximum atomic E-state index is 11.0. The van der Waals surface area contributed by atoms with Crippen LogP contribution in [0.2, 0.25) is 0 Å². The first-order valence-electron chi connectivity index (χ1n) is 4.91. The lowest BCUT2D eigenvalue weighted by atomic mass is 10.1. The Kier molecular flexibility index (Phi) is 3.95. The summed E-state index contributed by atoms with van der Waals surface area (Å²) in [6.45, 7) is 0.227. The van der Waals surface area contributed by atoms with Gasteiger partial charge in [-0.3, -0.25) is 4.79 Å². The number of primary amides is 1. The molecule has 0 unspecified atom stereocenters. The van der Waals surface area contributed by atoms with E-state index < -0.39 is 15.7 Å². The smallest absolute Gasteiger partial charge is 0.250 e. The van der Waals surface area contributed by atoms with E-state index in [4.69, 9.17) is 11.5 Å². The number of amides is 1. The molecule has 0 spiro atoms. The number of anilines is 2. The van der Waals surface area contributed by atoms with Crippen molar-refractivity contribution in [3.8, 4) is 0 Å². The van der Waals surface area contributed by atoms with Crippen LogP contribution in [0.15, 0.2) is 18.2 Å². The highest BCUT2D eigenvalue weighted by Gasteiger charge is 2.09. The molecule has 0 atom stereocenters. The standard InChI is InChI=1S/C10H15N3O3S/c1-17(15,16)6-5-13-8-4-2-3-7(9(8)11)10(12)14/h2-4,13H,5-6,11H2,1H3,(H2,12,14). The van der Waals surface area contributed by atoms with Gasteiger partial charge in [0, 0.05) is 12.8 Å². The van der Waals surface area contributed by atoms with Crippen LogP contribution in [0.3, 0.4) is 0 Å². The Morgan fingerprint density at radius 1 is 1.41 bits per heavy atom. The van der Waals surface area contributed by atoms with Crippen LogP contribution in [-0.4, -0.2) is 32.9 Å². The molecule has 0 fully saturated rings. The molecule has 1 aromatic rings. The number of hydrogen-bond donors (Lipinski definition) is 3. The highest BCUT2D eigenvalue weighted by atomic mass is 32.2. The Hall–Kier alpha value is -1.76. The van der Waals surface area contributed by atoms with E-state index in [2.05, 4.69) is 5.32 Å². The van der Waals surface area contributed by atoms with E-state index in [1.807, 2.05) is 0 Å². The van der Waals surface area contributed by atoms with Gasteiger partial charge in [-0.15, -0.1) is 0 Å². The summed E-state index contributed by atoms with van der Waals surface area (Å²) in [6.07, 6.45) is 1.15.